The van der Waals surface area contributed by atoms with Gasteiger partial charge in [-0.15, -0.1) is 0 Å². The number of fused-ring (bicyclic) bond motifs is 17. The first kappa shape index (κ1) is 43.3. The Morgan fingerprint density at radius 1 is 0.263 bits per heavy atom. The third kappa shape index (κ3) is 5.34. The van der Waals surface area contributed by atoms with Crippen molar-refractivity contribution in [2.24, 2.45) is 0 Å². The second-order valence-corrected chi connectivity index (χ2v) is 24.1. The van der Waals surface area contributed by atoms with Gasteiger partial charge >= 0.3 is 0 Å². The van der Waals surface area contributed by atoms with Crippen molar-refractivity contribution in [3.05, 3.63) is 299 Å². The predicted molar refractivity (Wildman–Crippen MR) is 302 cm³/mol. The zero-order valence-electron chi connectivity index (χ0n) is 40.6. The first-order valence-electron chi connectivity index (χ1n) is 25.5. The van der Waals surface area contributed by atoms with Crippen molar-refractivity contribution in [2.75, 3.05) is 0 Å². The van der Waals surface area contributed by atoms with Crippen molar-refractivity contribution >= 4 is 63.3 Å². The van der Waals surface area contributed by atoms with E-state index in [9.17, 15) is 0 Å². The highest BCUT2D eigenvalue weighted by Gasteiger charge is 2.54. The zero-order valence-corrected chi connectivity index (χ0v) is 42.2. The van der Waals surface area contributed by atoms with Gasteiger partial charge < -0.3 is 9.13 Å². The number of sulfone groups is 2. The predicted octanol–water partition coefficient (Wildman–Crippen LogP) is 14.9. The van der Waals surface area contributed by atoms with E-state index in [1.165, 1.54) is 0 Å². The second-order valence-electron chi connectivity index (χ2n) is 20.3. The molecule has 2 aromatic heterocycles. The van der Waals surface area contributed by atoms with E-state index < -0.39 is 30.5 Å². The number of rotatable bonds is 4. The van der Waals surface area contributed by atoms with Gasteiger partial charge in [-0.1, -0.05) is 188 Å². The van der Waals surface area contributed by atoms with Gasteiger partial charge in [-0.25, -0.2) is 16.8 Å². The number of aromatic nitrogens is 2. The minimum absolute atomic E-state index is 0.256. The molecular weight excluding hydrogens is 973 g/mol. The molecule has 1 aliphatic carbocycles. The van der Waals surface area contributed by atoms with Crippen molar-refractivity contribution < 1.29 is 16.8 Å². The lowest BCUT2D eigenvalue weighted by molar-refractivity contribution is 0.578. The van der Waals surface area contributed by atoms with Crippen molar-refractivity contribution in [2.45, 2.75) is 30.4 Å². The molecule has 1 spiro atoms. The Morgan fingerprint density at radius 3 is 1.13 bits per heavy atom. The van der Waals surface area contributed by atoms with E-state index in [4.69, 9.17) is 0 Å². The second kappa shape index (κ2) is 15.3. The lowest BCUT2D eigenvalue weighted by Crippen LogP contribution is -2.37. The fourth-order valence-corrected chi connectivity index (χ4v) is 17.4. The third-order valence-electron chi connectivity index (χ3n) is 16.8. The Kier molecular flexibility index (Phi) is 8.70. The van der Waals surface area contributed by atoms with Gasteiger partial charge in [0.05, 0.1) is 52.5 Å². The average molecular weight is 1020 g/mol. The molecule has 0 bridgehead atoms. The van der Waals surface area contributed by atoms with E-state index in [0.29, 0.717) is 16.0 Å². The minimum atomic E-state index is -4.05. The van der Waals surface area contributed by atoms with Crippen LogP contribution in [0.3, 0.4) is 0 Å². The molecule has 0 unspecified atom stereocenters. The van der Waals surface area contributed by atoms with Gasteiger partial charge in [0.15, 0.2) is 0 Å². The van der Waals surface area contributed by atoms with Crippen LogP contribution in [0.25, 0.3) is 66.1 Å². The summed E-state index contributed by atoms with van der Waals surface area (Å²) < 4.78 is 65.9. The Hall–Kier alpha value is -9.08. The molecule has 3 aliphatic rings. The van der Waals surface area contributed by atoms with Crippen molar-refractivity contribution in [3.63, 3.8) is 0 Å². The molecule has 0 saturated carbocycles. The molecule has 0 amide bonds. The summed E-state index contributed by atoms with van der Waals surface area (Å²) in [6.45, 7) is 0. The number of para-hydroxylation sites is 2. The van der Waals surface area contributed by atoms with Crippen LogP contribution in [0, 0.1) is 0 Å². The highest BCUT2D eigenvalue weighted by atomic mass is 32.2. The maximum Gasteiger partial charge on any atom is 0.207 e. The van der Waals surface area contributed by atoms with Crippen LogP contribution in [0.5, 0.6) is 0 Å². The molecule has 13 aromatic rings. The summed E-state index contributed by atoms with van der Waals surface area (Å²) in [5, 5.41) is 3.83. The van der Waals surface area contributed by atoms with Crippen LogP contribution in [-0.4, -0.2) is 26.0 Å². The zero-order chi connectivity index (χ0) is 50.7. The summed E-state index contributed by atoms with van der Waals surface area (Å²) >= 11 is 0. The minimum Gasteiger partial charge on any atom is -0.309 e. The van der Waals surface area contributed by atoms with E-state index in [1.54, 1.807) is 12.1 Å². The highest BCUT2D eigenvalue weighted by molar-refractivity contribution is 7.92. The smallest absolute Gasteiger partial charge is 0.207 e. The standard InChI is InChI=1S/C68H42N2O4S2/c71-75(72)63-36-17-13-32-55(63)67(43-20-3-1-4-21-43,44-22-5-2-6-23-44)57-39-51-49-28-9-15-34-59(49)69(61(51)41-65(57)75)45-24-19-25-46(38-45)70-60-35-16-10-29-50(60)52-40-58-66(42-62(52)70)76(73,74)64-37-18-14-33-56(64)68(58)53-30-11-7-26-47(53)48-27-8-12-31-54(48)68/h1-42H. The summed E-state index contributed by atoms with van der Waals surface area (Å²) in [7, 11) is -8.09. The van der Waals surface area contributed by atoms with Crippen LogP contribution in [0.4, 0.5) is 0 Å². The molecule has 0 saturated heterocycles. The first-order chi connectivity index (χ1) is 37.2. The van der Waals surface area contributed by atoms with Crippen LogP contribution >= 0.6 is 0 Å². The van der Waals surface area contributed by atoms with Gasteiger partial charge in [-0.2, -0.15) is 0 Å². The average Bonchev–Trinajstić information content (AvgIpc) is 4.17. The van der Waals surface area contributed by atoms with Gasteiger partial charge in [-0.05, 0) is 122 Å². The topological polar surface area (TPSA) is 78.1 Å². The van der Waals surface area contributed by atoms with Crippen LogP contribution in [0.15, 0.2) is 274 Å². The molecule has 0 atom stereocenters. The number of hydrogen-bond donors (Lipinski definition) is 0. The third-order valence-corrected chi connectivity index (χ3v) is 20.5. The van der Waals surface area contributed by atoms with Gasteiger partial charge in [0.25, 0.3) is 0 Å². The van der Waals surface area contributed by atoms with Gasteiger partial charge in [0, 0.05) is 32.9 Å². The summed E-state index contributed by atoms with van der Waals surface area (Å²) in [6, 6.07) is 85.3. The molecular formula is C68H42N2O4S2. The molecule has 0 fully saturated rings. The highest BCUT2D eigenvalue weighted by Crippen LogP contribution is 2.62. The molecule has 8 heteroatoms. The van der Waals surface area contributed by atoms with E-state index in [2.05, 4.69) is 137 Å². The summed E-state index contributed by atoms with van der Waals surface area (Å²) in [6.07, 6.45) is 0. The largest absolute Gasteiger partial charge is 0.309 e. The normalized spacial score (nSPS) is 15.7. The molecule has 76 heavy (non-hydrogen) atoms. The summed E-state index contributed by atoms with van der Waals surface area (Å²) in [5.41, 5.74) is 12.3. The van der Waals surface area contributed by atoms with Gasteiger partial charge in [-0.3, -0.25) is 0 Å². The maximum absolute atomic E-state index is 15.4. The monoisotopic (exact) mass is 1010 g/mol. The molecule has 2 aliphatic heterocycles. The van der Waals surface area contributed by atoms with Crippen LogP contribution in [-0.2, 0) is 30.5 Å². The van der Waals surface area contributed by atoms with E-state index >= 15 is 16.8 Å². The Balaban J connectivity index is 0.963. The summed E-state index contributed by atoms with van der Waals surface area (Å²) in [5.74, 6) is 0. The molecule has 4 heterocycles. The number of hydrogen-bond acceptors (Lipinski definition) is 4. The maximum atomic E-state index is 15.4. The fraction of sp³-hybridized carbons (Fsp3) is 0.0294. The van der Waals surface area contributed by atoms with E-state index in [1.807, 2.05) is 115 Å². The van der Waals surface area contributed by atoms with Crippen LogP contribution in [0.1, 0.15) is 44.5 Å². The van der Waals surface area contributed by atoms with Crippen LogP contribution in [0.2, 0.25) is 0 Å². The SMILES string of the molecule is O=S1(=O)c2ccccc2C(c2ccccc2)(c2ccccc2)c2cc3c4ccccc4n(-c4cccc(-n5c6ccccc6c6cc7c(cc65)S(=O)(=O)c5ccccc5C75c6ccccc6-c6ccccc65)c4)c3cc21. The Labute approximate surface area is 438 Å². The van der Waals surface area contributed by atoms with E-state index in [-0.39, 0.29) is 14.7 Å². The van der Waals surface area contributed by atoms with Crippen molar-refractivity contribution in [1.82, 2.24) is 9.13 Å². The molecule has 6 nitrogen and oxygen atoms in total. The van der Waals surface area contributed by atoms with Crippen LogP contribution < -0.4 is 0 Å². The number of benzene rings is 11. The van der Waals surface area contributed by atoms with Gasteiger partial charge in [0.2, 0.25) is 19.7 Å². The molecule has 360 valence electrons. The summed E-state index contributed by atoms with van der Waals surface area (Å²) in [4.78, 5) is 1.13. The Bertz CT molecular complexity index is 4620. The fourth-order valence-electron chi connectivity index (χ4n) is 13.9. The lowest BCUT2D eigenvalue weighted by Gasteiger charge is -2.41. The quantitative estimate of drug-likeness (QED) is 0.176. The Morgan fingerprint density at radius 2 is 0.645 bits per heavy atom. The molecule has 0 radical (unpaired) electrons. The van der Waals surface area contributed by atoms with E-state index in [0.717, 1.165) is 99.5 Å². The van der Waals surface area contributed by atoms with Crippen molar-refractivity contribution in [3.8, 4) is 22.5 Å². The van der Waals surface area contributed by atoms with Crippen molar-refractivity contribution in [1.29, 1.82) is 0 Å². The number of nitrogens with zero attached hydrogens (tertiary/aromatic N) is 2. The molecule has 16 rings (SSSR count). The first-order valence-corrected chi connectivity index (χ1v) is 28.5. The van der Waals surface area contributed by atoms with Gasteiger partial charge in [0.1, 0.15) is 0 Å². The molecule has 0 N–H and O–H groups in total. The molecule has 11 aromatic carbocycles. The lowest BCUT2D eigenvalue weighted by atomic mass is 9.64.